The predicted molar refractivity (Wildman–Crippen MR) is 158 cm³/mol. The highest BCUT2D eigenvalue weighted by atomic mass is 35.5. The second kappa shape index (κ2) is 16.8. The van der Waals surface area contributed by atoms with Crippen molar-refractivity contribution in [2.75, 3.05) is 7.11 Å². The summed E-state index contributed by atoms with van der Waals surface area (Å²) in [6.45, 7) is 6.60. The zero-order valence-corrected chi connectivity index (χ0v) is 25.6. The second-order valence-corrected chi connectivity index (χ2v) is 9.95. The van der Waals surface area contributed by atoms with Gasteiger partial charge in [0.1, 0.15) is 17.1 Å². The summed E-state index contributed by atoms with van der Waals surface area (Å²) in [6.07, 6.45) is -1.70. The van der Waals surface area contributed by atoms with Crippen molar-refractivity contribution in [3.8, 4) is 17.2 Å². The van der Waals surface area contributed by atoms with Crippen LogP contribution in [-0.4, -0.2) is 52.5 Å². The summed E-state index contributed by atoms with van der Waals surface area (Å²) in [6, 6.07) is 13.0. The van der Waals surface area contributed by atoms with Crippen LogP contribution >= 0.6 is 46.4 Å². The van der Waals surface area contributed by atoms with Gasteiger partial charge < -0.3 is 29.5 Å². The van der Waals surface area contributed by atoms with Gasteiger partial charge in [0.05, 0.1) is 17.2 Å². The molecule has 0 aromatic heterocycles. The zero-order chi connectivity index (χ0) is 31.4. The van der Waals surface area contributed by atoms with Crippen molar-refractivity contribution in [2.24, 2.45) is 0 Å². The molecule has 0 aliphatic carbocycles. The van der Waals surface area contributed by atoms with E-state index in [1.807, 2.05) is 13.8 Å². The van der Waals surface area contributed by atoms with Crippen LogP contribution in [0.2, 0.25) is 20.1 Å². The number of aromatic carboxylic acids is 1. The van der Waals surface area contributed by atoms with Gasteiger partial charge in [-0.3, -0.25) is 0 Å². The molecule has 2 atom stereocenters. The molecule has 0 aliphatic rings. The third-order valence-electron chi connectivity index (χ3n) is 5.05. The van der Waals surface area contributed by atoms with Crippen LogP contribution in [0, 0.1) is 13.8 Å². The van der Waals surface area contributed by atoms with Crippen molar-refractivity contribution in [3.05, 3.63) is 85.3 Å². The molecule has 3 N–H and O–H groups in total. The van der Waals surface area contributed by atoms with Crippen molar-refractivity contribution in [3.63, 3.8) is 0 Å². The molecule has 0 aliphatic heterocycles. The van der Waals surface area contributed by atoms with Gasteiger partial charge in [0, 0.05) is 10.0 Å². The topological polar surface area (TPSA) is 140 Å². The average Bonchev–Trinajstić information content (AvgIpc) is 2.88. The molecule has 1 unspecified atom stereocenters. The predicted octanol–water partition coefficient (Wildman–Crippen LogP) is 7.70. The van der Waals surface area contributed by atoms with Crippen molar-refractivity contribution in [1.29, 1.82) is 0 Å². The lowest BCUT2D eigenvalue weighted by Gasteiger charge is -2.12. The lowest BCUT2D eigenvalue weighted by atomic mass is 10.2. The number of methoxy groups -OCH3 is 1. The number of carboxylic acid groups (broad SMARTS) is 3. The standard InChI is InChI=1S/2C10H11ClO3.C8H6Cl2O3/c2*1-6-5-8(11)3-4-9(6)14-7(2)10(12)13;1-13-7-5(10)3-2-4(9)6(7)8(11)12/h2*3-5,7H,1-2H3,(H,12,13);2-3H,1H3,(H,11,12)/t7-;;/m1../s1. The van der Waals surface area contributed by atoms with Gasteiger partial charge in [-0.25, -0.2) is 14.4 Å². The highest BCUT2D eigenvalue weighted by Gasteiger charge is 2.18. The highest BCUT2D eigenvalue weighted by molar-refractivity contribution is 6.37. The van der Waals surface area contributed by atoms with Crippen LogP contribution in [-0.2, 0) is 9.59 Å². The molecule has 0 saturated heterocycles. The Morgan fingerprint density at radius 3 is 1.37 bits per heavy atom. The summed E-state index contributed by atoms with van der Waals surface area (Å²) in [5.74, 6) is -1.96. The van der Waals surface area contributed by atoms with Crippen LogP contribution in [0.4, 0.5) is 0 Å². The molecule has 0 spiro atoms. The Labute approximate surface area is 257 Å². The second-order valence-electron chi connectivity index (χ2n) is 8.26. The summed E-state index contributed by atoms with van der Waals surface area (Å²) in [7, 11) is 1.34. The molecule has 9 nitrogen and oxygen atoms in total. The first-order valence-corrected chi connectivity index (χ1v) is 13.2. The van der Waals surface area contributed by atoms with Crippen molar-refractivity contribution in [1.82, 2.24) is 0 Å². The van der Waals surface area contributed by atoms with E-state index in [9.17, 15) is 14.4 Å². The third kappa shape index (κ3) is 11.6. The normalized spacial score (nSPS) is 11.4. The fraction of sp³-hybridized carbons (Fsp3) is 0.250. The third-order valence-corrected chi connectivity index (χ3v) is 6.14. The zero-order valence-electron chi connectivity index (χ0n) is 22.6. The van der Waals surface area contributed by atoms with E-state index >= 15 is 0 Å². The Morgan fingerprint density at radius 1 is 0.683 bits per heavy atom. The maximum Gasteiger partial charge on any atom is 0.344 e. The van der Waals surface area contributed by atoms with E-state index < -0.39 is 30.1 Å². The summed E-state index contributed by atoms with van der Waals surface area (Å²) in [5, 5.41) is 27.6. The number of aryl methyl sites for hydroxylation is 2. The van der Waals surface area contributed by atoms with E-state index in [4.69, 9.17) is 75.9 Å². The van der Waals surface area contributed by atoms with Crippen LogP contribution in [0.5, 0.6) is 17.2 Å². The summed E-state index contributed by atoms with van der Waals surface area (Å²) < 4.78 is 15.2. The lowest BCUT2D eigenvalue weighted by Crippen LogP contribution is -2.23. The Hall–Kier alpha value is -3.37. The fourth-order valence-electron chi connectivity index (χ4n) is 2.90. The molecule has 0 heterocycles. The molecule has 0 amide bonds. The Morgan fingerprint density at radius 2 is 1.07 bits per heavy atom. The minimum atomic E-state index is -1.16. The maximum absolute atomic E-state index is 10.7. The molecule has 0 saturated carbocycles. The monoisotopic (exact) mass is 648 g/mol. The molecular formula is C28H28Cl4O9. The van der Waals surface area contributed by atoms with Gasteiger partial charge >= 0.3 is 17.9 Å². The number of halogens is 4. The average molecular weight is 650 g/mol. The van der Waals surface area contributed by atoms with Gasteiger partial charge in [-0.15, -0.1) is 0 Å². The van der Waals surface area contributed by atoms with E-state index in [-0.39, 0.29) is 21.4 Å². The van der Waals surface area contributed by atoms with Gasteiger partial charge in [-0.2, -0.15) is 0 Å². The molecule has 0 bridgehead atoms. The molecule has 3 rings (SSSR count). The molecule has 41 heavy (non-hydrogen) atoms. The van der Waals surface area contributed by atoms with Gasteiger partial charge in [0.15, 0.2) is 18.0 Å². The number of carboxylic acids is 3. The van der Waals surface area contributed by atoms with Gasteiger partial charge in [0.2, 0.25) is 0 Å². The summed E-state index contributed by atoms with van der Waals surface area (Å²) in [4.78, 5) is 31.8. The smallest absolute Gasteiger partial charge is 0.344 e. The van der Waals surface area contributed by atoms with E-state index in [1.54, 1.807) is 36.4 Å². The van der Waals surface area contributed by atoms with Crippen molar-refractivity contribution < 1.29 is 43.9 Å². The molecule has 222 valence electrons. The summed E-state index contributed by atoms with van der Waals surface area (Å²) in [5.41, 5.74) is 1.54. The number of rotatable bonds is 8. The largest absolute Gasteiger partial charge is 0.494 e. The van der Waals surface area contributed by atoms with E-state index in [0.29, 0.717) is 21.5 Å². The summed E-state index contributed by atoms with van der Waals surface area (Å²) >= 11 is 22.8. The van der Waals surface area contributed by atoms with E-state index in [1.165, 1.54) is 33.1 Å². The van der Waals surface area contributed by atoms with Crippen LogP contribution in [0.15, 0.2) is 48.5 Å². The Bertz CT molecular complexity index is 1310. The first-order chi connectivity index (χ1) is 19.1. The molecule has 0 radical (unpaired) electrons. The highest BCUT2D eigenvalue weighted by Crippen LogP contribution is 2.33. The Balaban J connectivity index is 0.000000308. The maximum atomic E-state index is 10.7. The van der Waals surface area contributed by atoms with Crippen LogP contribution in [0.3, 0.4) is 0 Å². The van der Waals surface area contributed by atoms with Crippen LogP contribution in [0.25, 0.3) is 0 Å². The number of carbonyl (C=O) groups is 3. The SMILES string of the molecule is COc1c(Cl)ccc(Cl)c1C(=O)O.Cc1cc(Cl)ccc1OC(C)C(=O)O.Cc1cc(Cl)ccc1O[C@H](C)C(=O)O. The minimum Gasteiger partial charge on any atom is -0.494 e. The molecule has 0 fully saturated rings. The molecule has 3 aromatic rings. The van der Waals surface area contributed by atoms with Gasteiger partial charge in [-0.05, 0) is 87.4 Å². The first-order valence-electron chi connectivity index (χ1n) is 11.6. The number of hydrogen-bond donors (Lipinski definition) is 3. The quantitative estimate of drug-likeness (QED) is 0.224. The van der Waals surface area contributed by atoms with E-state index in [2.05, 4.69) is 0 Å². The van der Waals surface area contributed by atoms with Gasteiger partial charge in [0.25, 0.3) is 0 Å². The minimum absolute atomic E-state index is 0.0849. The van der Waals surface area contributed by atoms with Crippen molar-refractivity contribution in [2.45, 2.75) is 39.9 Å². The van der Waals surface area contributed by atoms with E-state index in [0.717, 1.165) is 11.1 Å². The number of aliphatic carboxylic acids is 2. The van der Waals surface area contributed by atoms with Crippen molar-refractivity contribution >= 4 is 64.3 Å². The molecular weight excluding hydrogens is 622 g/mol. The van der Waals surface area contributed by atoms with Crippen LogP contribution < -0.4 is 14.2 Å². The fourth-order valence-corrected chi connectivity index (χ4v) is 3.82. The molecule has 3 aromatic carbocycles. The van der Waals surface area contributed by atoms with Crippen LogP contribution in [0.1, 0.15) is 35.3 Å². The first kappa shape index (κ1) is 35.7. The molecule has 13 heteroatoms. The Kier molecular flexibility index (Phi) is 14.6. The number of hydrogen-bond acceptors (Lipinski definition) is 6. The number of benzene rings is 3. The number of ether oxygens (including phenoxy) is 3. The van der Waals surface area contributed by atoms with Gasteiger partial charge in [-0.1, -0.05) is 46.4 Å². The lowest BCUT2D eigenvalue weighted by molar-refractivity contribution is -0.145.